The van der Waals surface area contributed by atoms with Crippen LogP contribution in [0.1, 0.15) is 19.3 Å². The van der Waals surface area contributed by atoms with E-state index in [1.807, 2.05) is 10.6 Å². The number of aromatic amines is 1. The fraction of sp³-hybridized carbons (Fsp3) is 0.462. The molecule has 5 heteroatoms. The van der Waals surface area contributed by atoms with Crippen LogP contribution in [-0.4, -0.2) is 22.3 Å². The summed E-state index contributed by atoms with van der Waals surface area (Å²) in [7, 11) is 0. The Labute approximate surface area is 110 Å². The zero-order chi connectivity index (χ0) is 12.5. The molecule has 2 aromatic rings. The molecule has 2 heterocycles. The topological polar surface area (TPSA) is 29.9 Å². The van der Waals surface area contributed by atoms with E-state index in [9.17, 15) is 4.39 Å². The summed E-state index contributed by atoms with van der Waals surface area (Å²) in [6, 6.07) is 5.03. The zero-order valence-corrected chi connectivity index (χ0v) is 10.8. The van der Waals surface area contributed by atoms with E-state index >= 15 is 0 Å². The van der Waals surface area contributed by atoms with Crippen molar-refractivity contribution in [2.75, 3.05) is 6.61 Å². The Balaban J connectivity index is 1.98. The summed E-state index contributed by atoms with van der Waals surface area (Å²) in [6.07, 6.45) is 3.55. The van der Waals surface area contributed by atoms with Crippen molar-refractivity contribution in [1.82, 2.24) is 9.55 Å². The molecule has 0 radical (unpaired) electrons. The summed E-state index contributed by atoms with van der Waals surface area (Å²) in [6.45, 7) is 1.51. The van der Waals surface area contributed by atoms with Crippen LogP contribution in [0.4, 0.5) is 4.39 Å². The van der Waals surface area contributed by atoms with Gasteiger partial charge in [0.15, 0.2) is 4.77 Å². The van der Waals surface area contributed by atoms with E-state index in [4.69, 9.17) is 17.0 Å². The van der Waals surface area contributed by atoms with Gasteiger partial charge < -0.3 is 14.3 Å². The van der Waals surface area contributed by atoms with Gasteiger partial charge in [-0.15, -0.1) is 0 Å². The molecule has 3 nitrogen and oxygen atoms in total. The number of halogens is 1. The van der Waals surface area contributed by atoms with Gasteiger partial charge in [-0.2, -0.15) is 0 Å². The first kappa shape index (κ1) is 11.9. The molecule has 0 aliphatic carbocycles. The minimum Gasteiger partial charge on any atom is -0.376 e. The first-order chi connectivity index (χ1) is 8.75. The number of para-hydroxylation sites is 1. The van der Waals surface area contributed by atoms with Gasteiger partial charge in [-0.05, 0) is 43.6 Å². The number of hydrogen-bond donors (Lipinski definition) is 1. The minimum absolute atomic E-state index is 0.188. The fourth-order valence-corrected chi connectivity index (χ4v) is 2.76. The molecule has 18 heavy (non-hydrogen) atoms. The number of nitrogens with zero attached hydrogens (tertiary/aromatic N) is 1. The van der Waals surface area contributed by atoms with Crippen molar-refractivity contribution in [3.05, 3.63) is 28.8 Å². The Morgan fingerprint density at radius 3 is 3.11 bits per heavy atom. The number of benzene rings is 1. The molecule has 1 saturated heterocycles. The van der Waals surface area contributed by atoms with Crippen molar-refractivity contribution in [1.29, 1.82) is 0 Å². The molecule has 3 rings (SSSR count). The molecule has 1 N–H and O–H groups in total. The second-order valence-electron chi connectivity index (χ2n) is 4.66. The third-order valence-corrected chi connectivity index (χ3v) is 3.74. The van der Waals surface area contributed by atoms with E-state index < -0.39 is 0 Å². The highest BCUT2D eigenvalue weighted by Crippen LogP contribution is 2.20. The van der Waals surface area contributed by atoms with Gasteiger partial charge in [-0.1, -0.05) is 6.07 Å². The predicted octanol–water partition coefficient (Wildman–Crippen LogP) is 3.41. The maximum absolute atomic E-state index is 13.6. The van der Waals surface area contributed by atoms with E-state index in [0.29, 0.717) is 16.8 Å². The van der Waals surface area contributed by atoms with Crippen LogP contribution >= 0.6 is 12.2 Å². The maximum atomic E-state index is 13.6. The number of fused-ring (bicyclic) bond motifs is 1. The van der Waals surface area contributed by atoms with Crippen LogP contribution in [-0.2, 0) is 11.3 Å². The molecule has 1 aromatic heterocycles. The molecule has 0 saturated carbocycles. The lowest BCUT2D eigenvalue weighted by atomic mass is 10.1. The lowest BCUT2D eigenvalue weighted by molar-refractivity contribution is 0.00641. The fourth-order valence-electron chi connectivity index (χ4n) is 2.48. The number of imidazole rings is 1. The molecule has 1 aliphatic heterocycles. The first-order valence-electron chi connectivity index (χ1n) is 6.24. The van der Waals surface area contributed by atoms with E-state index in [1.54, 1.807) is 6.07 Å². The minimum atomic E-state index is -0.262. The highest BCUT2D eigenvalue weighted by Gasteiger charge is 2.17. The van der Waals surface area contributed by atoms with Crippen molar-refractivity contribution in [2.45, 2.75) is 31.9 Å². The number of rotatable bonds is 2. The second kappa shape index (κ2) is 4.82. The molecular formula is C13H15FN2OS. The molecule has 0 spiro atoms. The smallest absolute Gasteiger partial charge is 0.178 e. The van der Waals surface area contributed by atoms with Gasteiger partial charge in [0.25, 0.3) is 0 Å². The predicted molar refractivity (Wildman–Crippen MR) is 70.7 cm³/mol. The standard InChI is InChI=1S/C13H15FN2OS/c14-10-5-3-6-11-12(10)15-13(18)16(11)8-9-4-1-2-7-17-9/h3,5-6,9H,1-2,4,7-8H2,(H,15,18). The Kier molecular flexibility index (Phi) is 3.18. The number of aromatic nitrogens is 2. The summed E-state index contributed by atoms with van der Waals surface area (Å²) in [4.78, 5) is 2.93. The quantitative estimate of drug-likeness (QED) is 0.844. The van der Waals surface area contributed by atoms with Gasteiger partial charge >= 0.3 is 0 Å². The molecular weight excluding hydrogens is 251 g/mol. The van der Waals surface area contributed by atoms with Gasteiger partial charge in [0.05, 0.1) is 18.2 Å². The number of hydrogen-bond acceptors (Lipinski definition) is 2. The number of ether oxygens (including phenoxy) is 1. The molecule has 1 atom stereocenters. The van der Waals surface area contributed by atoms with Crippen molar-refractivity contribution < 1.29 is 9.13 Å². The molecule has 96 valence electrons. The van der Waals surface area contributed by atoms with Crippen LogP contribution in [0, 0.1) is 10.6 Å². The molecule has 0 bridgehead atoms. The number of nitrogens with one attached hydrogen (secondary N) is 1. The molecule has 0 amide bonds. The maximum Gasteiger partial charge on any atom is 0.178 e. The summed E-state index contributed by atoms with van der Waals surface area (Å²) in [5.41, 5.74) is 1.30. The molecule has 1 aliphatic rings. The van der Waals surface area contributed by atoms with Crippen LogP contribution in [0.25, 0.3) is 11.0 Å². The third-order valence-electron chi connectivity index (χ3n) is 3.42. The van der Waals surface area contributed by atoms with Gasteiger partial charge in [-0.3, -0.25) is 0 Å². The highest BCUT2D eigenvalue weighted by atomic mass is 32.1. The summed E-state index contributed by atoms with van der Waals surface area (Å²) in [5, 5.41) is 0. The van der Waals surface area contributed by atoms with Crippen molar-refractivity contribution in [3.8, 4) is 0 Å². The Morgan fingerprint density at radius 2 is 2.33 bits per heavy atom. The summed E-state index contributed by atoms with van der Waals surface area (Å²) in [5.74, 6) is -0.262. The van der Waals surface area contributed by atoms with Gasteiger partial charge in [-0.25, -0.2) is 4.39 Å². The van der Waals surface area contributed by atoms with E-state index in [2.05, 4.69) is 4.98 Å². The molecule has 1 unspecified atom stereocenters. The lowest BCUT2D eigenvalue weighted by Crippen LogP contribution is -2.24. The second-order valence-corrected chi connectivity index (χ2v) is 5.05. The zero-order valence-electron chi connectivity index (χ0n) is 9.99. The van der Waals surface area contributed by atoms with Crippen LogP contribution in [0.3, 0.4) is 0 Å². The lowest BCUT2D eigenvalue weighted by Gasteiger charge is -2.23. The van der Waals surface area contributed by atoms with Crippen LogP contribution in [0.2, 0.25) is 0 Å². The van der Waals surface area contributed by atoms with E-state index in [-0.39, 0.29) is 11.9 Å². The average Bonchev–Trinajstić information content (AvgIpc) is 2.70. The highest BCUT2D eigenvalue weighted by molar-refractivity contribution is 7.71. The normalized spacial score (nSPS) is 20.4. The summed E-state index contributed by atoms with van der Waals surface area (Å²) >= 11 is 5.27. The molecule has 1 aromatic carbocycles. The number of H-pyrrole nitrogens is 1. The van der Waals surface area contributed by atoms with Crippen molar-refractivity contribution in [2.24, 2.45) is 0 Å². The SMILES string of the molecule is Fc1cccc2c1[nH]c(=S)n2CC1CCCCO1. The molecule has 1 fully saturated rings. The van der Waals surface area contributed by atoms with Gasteiger partial charge in [0.2, 0.25) is 0 Å². The van der Waals surface area contributed by atoms with Crippen molar-refractivity contribution in [3.63, 3.8) is 0 Å². The average molecular weight is 266 g/mol. The van der Waals surface area contributed by atoms with Crippen molar-refractivity contribution >= 4 is 23.3 Å². The largest absolute Gasteiger partial charge is 0.376 e. The Hall–Kier alpha value is -1.20. The summed E-state index contributed by atoms with van der Waals surface area (Å²) < 4.78 is 21.8. The van der Waals surface area contributed by atoms with Gasteiger partial charge in [0.1, 0.15) is 11.3 Å². The van der Waals surface area contributed by atoms with E-state index in [1.165, 1.54) is 12.5 Å². The van der Waals surface area contributed by atoms with Gasteiger partial charge in [0, 0.05) is 6.61 Å². The monoisotopic (exact) mass is 266 g/mol. The first-order valence-corrected chi connectivity index (χ1v) is 6.65. The van der Waals surface area contributed by atoms with Crippen LogP contribution < -0.4 is 0 Å². The Bertz CT molecular complexity index is 613. The van der Waals surface area contributed by atoms with Crippen LogP contribution in [0.5, 0.6) is 0 Å². The third kappa shape index (κ3) is 2.08. The van der Waals surface area contributed by atoms with Crippen LogP contribution in [0.15, 0.2) is 18.2 Å². The Morgan fingerprint density at radius 1 is 1.44 bits per heavy atom. The van der Waals surface area contributed by atoms with E-state index in [0.717, 1.165) is 25.0 Å².